The predicted octanol–water partition coefficient (Wildman–Crippen LogP) is 3.64. The summed E-state index contributed by atoms with van der Waals surface area (Å²) in [6.45, 7) is 15.0. The van der Waals surface area contributed by atoms with Crippen molar-refractivity contribution in [2.45, 2.75) is 46.6 Å². The molecule has 0 aromatic heterocycles. The highest BCUT2D eigenvalue weighted by atomic mass is 16.5. The van der Waals surface area contributed by atoms with E-state index >= 15 is 0 Å². The molecule has 0 aliphatic carbocycles. The number of methoxy groups -OCH3 is 1. The average Bonchev–Trinajstić information content (AvgIpc) is 2.71. The Bertz CT molecular complexity index is 844. The summed E-state index contributed by atoms with van der Waals surface area (Å²) < 4.78 is 16.7. The van der Waals surface area contributed by atoms with Gasteiger partial charge in [0.15, 0.2) is 11.5 Å². The summed E-state index contributed by atoms with van der Waals surface area (Å²) in [4.78, 5) is 15.0. The van der Waals surface area contributed by atoms with Crippen molar-refractivity contribution < 1.29 is 19.0 Å². The van der Waals surface area contributed by atoms with E-state index in [-0.39, 0.29) is 16.9 Å². The third kappa shape index (κ3) is 8.52. The van der Waals surface area contributed by atoms with Gasteiger partial charge in [0.2, 0.25) is 0 Å². The lowest BCUT2D eigenvalue weighted by Crippen LogP contribution is -2.46. The third-order valence-corrected chi connectivity index (χ3v) is 5.06. The number of hydrogen-bond donors (Lipinski definition) is 1. The third-order valence-electron chi connectivity index (χ3n) is 5.06. The summed E-state index contributed by atoms with van der Waals surface area (Å²) in [6.07, 6.45) is 2.36. The van der Waals surface area contributed by atoms with Crippen LogP contribution >= 0.6 is 0 Å². The van der Waals surface area contributed by atoms with Gasteiger partial charge in [0, 0.05) is 25.2 Å². The molecule has 1 aromatic rings. The Morgan fingerprint density at radius 2 is 1.91 bits per heavy atom. The molecule has 1 saturated heterocycles. The van der Waals surface area contributed by atoms with E-state index in [2.05, 4.69) is 31.0 Å². The number of nitriles is 1. The molecule has 1 heterocycles. The van der Waals surface area contributed by atoms with Gasteiger partial charge in [-0.1, -0.05) is 26.8 Å². The van der Waals surface area contributed by atoms with Gasteiger partial charge in [-0.25, -0.2) is 0 Å². The highest BCUT2D eigenvalue weighted by molar-refractivity contribution is 6.02. The van der Waals surface area contributed by atoms with Crippen LogP contribution in [0.5, 0.6) is 11.5 Å². The molecular weight excluding hydrogens is 406 g/mol. The maximum atomic E-state index is 12.7. The number of nitrogens with zero attached hydrogens (tertiary/aromatic N) is 2. The van der Waals surface area contributed by atoms with Gasteiger partial charge < -0.3 is 19.5 Å². The number of benzene rings is 1. The lowest BCUT2D eigenvalue weighted by atomic mass is 9.81. The Morgan fingerprint density at radius 3 is 2.50 bits per heavy atom. The van der Waals surface area contributed by atoms with Crippen LogP contribution in [-0.4, -0.2) is 62.9 Å². The number of rotatable bonds is 9. The van der Waals surface area contributed by atoms with Crippen molar-refractivity contribution in [2.75, 3.05) is 46.6 Å². The van der Waals surface area contributed by atoms with Crippen molar-refractivity contribution in [1.29, 1.82) is 5.26 Å². The van der Waals surface area contributed by atoms with Gasteiger partial charge >= 0.3 is 0 Å². The smallest absolute Gasteiger partial charge is 0.262 e. The number of morpholine rings is 1. The van der Waals surface area contributed by atoms with Crippen LogP contribution in [0.1, 0.15) is 46.6 Å². The van der Waals surface area contributed by atoms with E-state index < -0.39 is 5.54 Å². The first kappa shape index (κ1) is 25.7. The van der Waals surface area contributed by atoms with Crippen LogP contribution in [0.15, 0.2) is 23.8 Å². The average molecular weight is 444 g/mol. The molecule has 2 rings (SSSR count). The summed E-state index contributed by atoms with van der Waals surface area (Å²) in [5, 5.41) is 12.5. The summed E-state index contributed by atoms with van der Waals surface area (Å²) in [5.41, 5.74) is 0.372. The number of carbonyl (C=O) groups is 1. The van der Waals surface area contributed by atoms with Crippen molar-refractivity contribution in [3.63, 3.8) is 0 Å². The Balaban J connectivity index is 2.05. The molecule has 7 heteroatoms. The summed E-state index contributed by atoms with van der Waals surface area (Å²) >= 11 is 0. The molecule has 1 aromatic carbocycles. The number of ether oxygens (including phenoxy) is 3. The Hall–Kier alpha value is -2.56. The Kier molecular flexibility index (Phi) is 9.11. The first-order valence-electron chi connectivity index (χ1n) is 11.1. The Labute approximate surface area is 192 Å². The zero-order valence-electron chi connectivity index (χ0n) is 20.3. The fourth-order valence-electron chi connectivity index (χ4n) is 4.06. The van der Waals surface area contributed by atoms with Crippen LogP contribution in [0, 0.1) is 16.7 Å². The quantitative estimate of drug-likeness (QED) is 0.463. The molecular formula is C25H37N3O4. The molecule has 32 heavy (non-hydrogen) atoms. The van der Waals surface area contributed by atoms with Gasteiger partial charge in [0.25, 0.3) is 5.91 Å². The van der Waals surface area contributed by atoms with Gasteiger partial charge in [-0.2, -0.15) is 5.26 Å². The van der Waals surface area contributed by atoms with E-state index in [0.717, 1.165) is 39.3 Å². The van der Waals surface area contributed by atoms with Crippen molar-refractivity contribution in [3.8, 4) is 17.6 Å². The molecule has 0 radical (unpaired) electrons. The summed E-state index contributed by atoms with van der Waals surface area (Å²) in [5.74, 6) is 0.810. The van der Waals surface area contributed by atoms with E-state index in [1.54, 1.807) is 25.3 Å². The summed E-state index contributed by atoms with van der Waals surface area (Å²) in [6, 6.07) is 7.42. The van der Waals surface area contributed by atoms with Gasteiger partial charge in [0.05, 0.1) is 20.3 Å². The molecule has 1 fully saturated rings. The van der Waals surface area contributed by atoms with Crippen LogP contribution in [-0.2, 0) is 9.53 Å². The van der Waals surface area contributed by atoms with Gasteiger partial charge in [0.1, 0.15) is 18.2 Å². The first-order chi connectivity index (χ1) is 15.0. The maximum absolute atomic E-state index is 12.7. The van der Waals surface area contributed by atoms with Gasteiger partial charge in [-0.15, -0.1) is 0 Å². The van der Waals surface area contributed by atoms with E-state index in [4.69, 9.17) is 14.2 Å². The molecule has 0 saturated carbocycles. The van der Waals surface area contributed by atoms with Crippen LogP contribution < -0.4 is 14.8 Å². The molecule has 1 amide bonds. The van der Waals surface area contributed by atoms with Gasteiger partial charge in [-0.05, 0) is 49.5 Å². The second-order valence-electron chi connectivity index (χ2n) is 9.96. The van der Waals surface area contributed by atoms with E-state index in [1.807, 2.05) is 26.0 Å². The SMILES string of the molecule is COc1cc(/C=C(\C#N)C(=O)NC(C)(C)CC(C)(C)C)ccc1OCCN1CCOCC1. The highest BCUT2D eigenvalue weighted by Gasteiger charge is 2.28. The molecule has 7 nitrogen and oxygen atoms in total. The lowest BCUT2D eigenvalue weighted by molar-refractivity contribution is -0.118. The molecule has 0 spiro atoms. The zero-order valence-corrected chi connectivity index (χ0v) is 20.3. The van der Waals surface area contributed by atoms with E-state index in [9.17, 15) is 10.1 Å². The second-order valence-corrected chi connectivity index (χ2v) is 9.96. The fraction of sp³-hybridized carbons (Fsp3) is 0.600. The lowest BCUT2D eigenvalue weighted by Gasteiger charge is -2.33. The topological polar surface area (TPSA) is 83.8 Å². The highest BCUT2D eigenvalue weighted by Crippen LogP contribution is 2.30. The zero-order chi connectivity index (χ0) is 23.8. The number of hydrogen-bond acceptors (Lipinski definition) is 6. The largest absolute Gasteiger partial charge is 0.493 e. The molecule has 1 aliphatic rings. The van der Waals surface area contributed by atoms with Gasteiger partial charge in [-0.3, -0.25) is 9.69 Å². The predicted molar refractivity (Wildman–Crippen MR) is 126 cm³/mol. The number of carbonyl (C=O) groups excluding carboxylic acids is 1. The van der Waals surface area contributed by atoms with Crippen LogP contribution in [0.2, 0.25) is 0 Å². The van der Waals surface area contributed by atoms with Crippen LogP contribution in [0.4, 0.5) is 0 Å². The molecule has 0 atom stereocenters. The monoisotopic (exact) mass is 443 g/mol. The molecule has 0 unspecified atom stereocenters. The van der Waals surface area contributed by atoms with E-state index in [1.165, 1.54) is 0 Å². The summed E-state index contributed by atoms with van der Waals surface area (Å²) in [7, 11) is 1.57. The maximum Gasteiger partial charge on any atom is 0.262 e. The number of nitrogens with one attached hydrogen (secondary N) is 1. The van der Waals surface area contributed by atoms with Crippen molar-refractivity contribution in [1.82, 2.24) is 10.2 Å². The fourth-order valence-corrected chi connectivity index (χ4v) is 4.06. The standard InChI is InChI=1S/C25H37N3O4/c1-24(2,3)18-25(4,5)27-23(29)20(17-26)15-19-7-8-21(22(16-19)30-6)32-14-11-28-9-12-31-13-10-28/h7-8,15-16H,9-14,18H2,1-6H3,(H,27,29)/b20-15+. The first-order valence-corrected chi connectivity index (χ1v) is 11.1. The molecule has 0 bridgehead atoms. The number of amides is 1. The molecule has 1 N–H and O–H groups in total. The minimum Gasteiger partial charge on any atom is -0.493 e. The normalized spacial score (nSPS) is 15.7. The molecule has 176 valence electrons. The minimum absolute atomic E-state index is 0.0509. The van der Waals surface area contributed by atoms with Crippen LogP contribution in [0.3, 0.4) is 0 Å². The van der Waals surface area contributed by atoms with Crippen LogP contribution in [0.25, 0.3) is 6.08 Å². The van der Waals surface area contributed by atoms with Crippen molar-refractivity contribution in [3.05, 3.63) is 29.3 Å². The molecule has 1 aliphatic heterocycles. The minimum atomic E-state index is -0.429. The van der Waals surface area contributed by atoms with Crippen molar-refractivity contribution >= 4 is 12.0 Å². The second kappa shape index (κ2) is 11.3. The van der Waals surface area contributed by atoms with E-state index in [0.29, 0.717) is 23.7 Å². The van der Waals surface area contributed by atoms with Crippen molar-refractivity contribution in [2.24, 2.45) is 5.41 Å². The Morgan fingerprint density at radius 1 is 1.22 bits per heavy atom.